The quantitative estimate of drug-likeness (QED) is 0.639. The number of rotatable bonds is 1. The van der Waals surface area contributed by atoms with Crippen molar-refractivity contribution >= 4 is 18.4 Å². The molecule has 0 aliphatic heterocycles. The van der Waals surface area contributed by atoms with Gasteiger partial charge in [0, 0.05) is 6.04 Å². The van der Waals surface area contributed by atoms with Gasteiger partial charge in [-0.15, -0.1) is 12.4 Å². The average Bonchev–Trinajstić information content (AvgIpc) is 1.96. The minimum absolute atomic E-state index is 0. The van der Waals surface area contributed by atoms with Crippen LogP contribution in [0.4, 0.5) is 0 Å². The summed E-state index contributed by atoms with van der Waals surface area (Å²) in [6.45, 7) is 0. The first-order valence-electron chi connectivity index (χ1n) is 4.37. The Kier molecular flexibility index (Phi) is 5.75. The van der Waals surface area contributed by atoms with Gasteiger partial charge in [-0.25, -0.2) is 0 Å². The van der Waals surface area contributed by atoms with Gasteiger partial charge in [-0.2, -0.15) is 0 Å². The molecule has 0 aromatic rings. The topological polar surface area (TPSA) is 63.3 Å². The Morgan fingerprint density at radius 2 is 2.15 bits per heavy atom. The van der Waals surface area contributed by atoms with Crippen LogP contribution in [0.5, 0.6) is 0 Å². The van der Waals surface area contributed by atoms with E-state index in [1.54, 1.807) is 0 Å². The monoisotopic (exact) mass is 205 g/mol. The van der Waals surface area contributed by atoms with Crippen molar-refractivity contribution in [3.8, 4) is 0 Å². The molecule has 0 radical (unpaired) electrons. The Balaban J connectivity index is 0.00000144. The van der Waals surface area contributed by atoms with Gasteiger partial charge in [-0.05, 0) is 19.3 Å². The fraction of sp³-hybridized carbons (Fsp3) is 0.667. The Hall–Kier alpha value is -0.540. The smallest absolute Gasteiger partial charge is 0.308 e. The lowest BCUT2D eigenvalue weighted by Gasteiger charge is -2.18. The van der Waals surface area contributed by atoms with E-state index in [1.165, 1.54) is 0 Å². The lowest BCUT2D eigenvalue weighted by atomic mass is 9.91. The molecular formula is C9H16ClNO2. The van der Waals surface area contributed by atoms with Gasteiger partial charge in [0.15, 0.2) is 0 Å². The third-order valence-electron chi connectivity index (χ3n) is 2.28. The van der Waals surface area contributed by atoms with E-state index in [2.05, 4.69) is 0 Å². The number of halogens is 1. The summed E-state index contributed by atoms with van der Waals surface area (Å²) in [5.74, 6) is -1.16. The van der Waals surface area contributed by atoms with Crippen LogP contribution in [0.1, 0.15) is 25.7 Å². The molecule has 0 spiro atoms. The van der Waals surface area contributed by atoms with Crippen LogP contribution in [-0.2, 0) is 4.79 Å². The van der Waals surface area contributed by atoms with Crippen LogP contribution < -0.4 is 5.73 Å². The van der Waals surface area contributed by atoms with Crippen molar-refractivity contribution in [3.05, 3.63) is 12.2 Å². The molecule has 0 fully saturated rings. The van der Waals surface area contributed by atoms with E-state index in [0.717, 1.165) is 19.3 Å². The van der Waals surface area contributed by atoms with E-state index in [1.807, 2.05) is 12.2 Å². The zero-order valence-electron chi connectivity index (χ0n) is 7.48. The molecule has 0 unspecified atom stereocenters. The van der Waals surface area contributed by atoms with E-state index < -0.39 is 5.97 Å². The van der Waals surface area contributed by atoms with Crippen molar-refractivity contribution < 1.29 is 9.90 Å². The molecule has 0 aromatic heterocycles. The van der Waals surface area contributed by atoms with Gasteiger partial charge in [0.05, 0.1) is 5.92 Å². The summed E-state index contributed by atoms with van der Waals surface area (Å²) < 4.78 is 0. The number of carbonyl (C=O) groups is 1. The summed E-state index contributed by atoms with van der Waals surface area (Å²) in [6, 6.07) is -0.303. The van der Waals surface area contributed by atoms with Crippen LogP contribution in [0.15, 0.2) is 12.2 Å². The van der Waals surface area contributed by atoms with Gasteiger partial charge in [-0.1, -0.05) is 18.6 Å². The second kappa shape index (κ2) is 6.00. The molecule has 2 atom stereocenters. The highest BCUT2D eigenvalue weighted by Gasteiger charge is 2.23. The SMILES string of the molecule is Cl.N[C@@H]1C=CCCCC[C@H]1C(=O)O. The maximum atomic E-state index is 10.7. The summed E-state index contributed by atoms with van der Waals surface area (Å²) in [5, 5.41) is 8.81. The van der Waals surface area contributed by atoms with Gasteiger partial charge >= 0.3 is 5.97 Å². The molecule has 0 aromatic carbocycles. The van der Waals surface area contributed by atoms with Crippen LogP contribution in [0.25, 0.3) is 0 Å². The number of hydrogen-bond acceptors (Lipinski definition) is 2. The van der Waals surface area contributed by atoms with Crippen molar-refractivity contribution in [1.82, 2.24) is 0 Å². The lowest BCUT2D eigenvalue weighted by Crippen LogP contribution is -2.34. The standard InChI is InChI=1S/C9H15NO2.ClH/c10-8-6-4-2-1-3-5-7(8)9(11)12;/h4,6-8H,1-3,5,10H2,(H,11,12);1H/t7-,8-;/m1./s1. The third-order valence-corrected chi connectivity index (χ3v) is 2.28. The maximum absolute atomic E-state index is 10.7. The van der Waals surface area contributed by atoms with E-state index in [-0.39, 0.29) is 24.4 Å². The molecule has 76 valence electrons. The largest absolute Gasteiger partial charge is 0.481 e. The number of hydrogen-bond donors (Lipinski definition) is 2. The van der Waals surface area contributed by atoms with Crippen molar-refractivity contribution in [3.63, 3.8) is 0 Å². The number of aliphatic carboxylic acids is 1. The summed E-state index contributed by atoms with van der Waals surface area (Å²) >= 11 is 0. The van der Waals surface area contributed by atoms with E-state index in [9.17, 15) is 4.79 Å². The molecule has 3 nitrogen and oxygen atoms in total. The van der Waals surface area contributed by atoms with Crippen LogP contribution in [0, 0.1) is 5.92 Å². The molecule has 0 saturated carbocycles. The van der Waals surface area contributed by atoms with Crippen molar-refractivity contribution in [2.24, 2.45) is 11.7 Å². The molecule has 1 aliphatic rings. The molecule has 1 rings (SSSR count). The van der Waals surface area contributed by atoms with E-state index >= 15 is 0 Å². The van der Waals surface area contributed by atoms with Crippen molar-refractivity contribution in [1.29, 1.82) is 0 Å². The number of nitrogens with two attached hydrogens (primary N) is 1. The average molecular weight is 206 g/mol. The Bertz CT molecular complexity index is 194. The highest BCUT2D eigenvalue weighted by atomic mass is 35.5. The molecule has 3 N–H and O–H groups in total. The predicted molar refractivity (Wildman–Crippen MR) is 54.0 cm³/mol. The third kappa shape index (κ3) is 3.79. The second-order valence-corrected chi connectivity index (χ2v) is 3.23. The summed E-state index contributed by atoms with van der Waals surface area (Å²) in [4.78, 5) is 10.7. The minimum atomic E-state index is -0.769. The molecule has 0 heterocycles. The number of carboxylic acid groups (broad SMARTS) is 1. The molecule has 13 heavy (non-hydrogen) atoms. The summed E-state index contributed by atoms with van der Waals surface area (Å²) in [6.07, 6.45) is 7.58. The zero-order chi connectivity index (χ0) is 8.97. The van der Waals surface area contributed by atoms with E-state index in [0.29, 0.717) is 6.42 Å². The molecule has 4 heteroatoms. The Morgan fingerprint density at radius 1 is 1.46 bits per heavy atom. The predicted octanol–water partition coefficient (Wildman–Crippen LogP) is 1.57. The fourth-order valence-electron chi connectivity index (χ4n) is 1.49. The van der Waals surface area contributed by atoms with Crippen LogP contribution >= 0.6 is 12.4 Å². The summed E-state index contributed by atoms with van der Waals surface area (Å²) in [5.41, 5.74) is 5.68. The molecular weight excluding hydrogens is 190 g/mol. The van der Waals surface area contributed by atoms with Crippen molar-refractivity contribution in [2.45, 2.75) is 31.7 Å². The van der Waals surface area contributed by atoms with Crippen LogP contribution in [0.2, 0.25) is 0 Å². The summed E-state index contributed by atoms with van der Waals surface area (Å²) in [7, 11) is 0. The first-order valence-corrected chi connectivity index (χ1v) is 4.37. The van der Waals surface area contributed by atoms with E-state index in [4.69, 9.17) is 10.8 Å². The van der Waals surface area contributed by atoms with Crippen LogP contribution in [0.3, 0.4) is 0 Å². The molecule has 0 saturated heterocycles. The first kappa shape index (κ1) is 12.5. The van der Waals surface area contributed by atoms with Gasteiger partial charge in [0.2, 0.25) is 0 Å². The molecule has 0 bridgehead atoms. The number of allylic oxidation sites excluding steroid dienone is 1. The molecule has 1 aliphatic carbocycles. The molecule has 0 amide bonds. The fourth-order valence-corrected chi connectivity index (χ4v) is 1.49. The maximum Gasteiger partial charge on any atom is 0.308 e. The Labute approximate surface area is 84.4 Å². The normalized spacial score (nSPS) is 28.4. The second-order valence-electron chi connectivity index (χ2n) is 3.23. The van der Waals surface area contributed by atoms with Gasteiger partial charge in [0.1, 0.15) is 0 Å². The number of carboxylic acids is 1. The van der Waals surface area contributed by atoms with Crippen LogP contribution in [-0.4, -0.2) is 17.1 Å². The first-order chi connectivity index (χ1) is 5.72. The highest BCUT2D eigenvalue weighted by molar-refractivity contribution is 5.85. The minimum Gasteiger partial charge on any atom is -0.481 e. The Morgan fingerprint density at radius 3 is 2.77 bits per heavy atom. The zero-order valence-corrected chi connectivity index (χ0v) is 8.30. The van der Waals surface area contributed by atoms with Gasteiger partial charge < -0.3 is 10.8 Å². The van der Waals surface area contributed by atoms with Gasteiger partial charge in [-0.3, -0.25) is 4.79 Å². The lowest BCUT2D eigenvalue weighted by molar-refractivity contribution is -0.142. The van der Waals surface area contributed by atoms with Crippen molar-refractivity contribution in [2.75, 3.05) is 0 Å². The highest BCUT2D eigenvalue weighted by Crippen LogP contribution is 2.17. The van der Waals surface area contributed by atoms with Gasteiger partial charge in [0.25, 0.3) is 0 Å².